The van der Waals surface area contributed by atoms with E-state index in [1.807, 2.05) is 18.2 Å². The first-order valence-corrected chi connectivity index (χ1v) is 5.97. The number of nitrogens with zero attached hydrogens (tertiary/aromatic N) is 1. The van der Waals surface area contributed by atoms with E-state index in [1.165, 1.54) is 12.3 Å². The molecule has 94 valence electrons. The minimum Gasteiger partial charge on any atom is -0.453 e. The fraction of sp³-hybridized carbons (Fsp3) is 0. The van der Waals surface area contributed by atoms with Crippen molar-refractivity contribution in [3.63, 3.8) is 0 Å². The zero-order chi connectivity index (χ0) is 13.4. The number of halogens is 1. The van der Waals surface area contributed by atoms with Crippen LogP contribution in [0, 0.1) is 0 Å². The number of hydrogen-bond acceptors (Lipinski definition) is 4. The summed E-state index contributed by atoms with van der Waals surface area (Å²) in [5.74, 6) is 0.0236. The normalized spacial score (nSPS) is 10.8. The van der Waals surface area contributed by atoms with Gasteiger partial charge in [0.05, 0.1) is 10.6 Å². The molecule has 2 heterocycles. The highest BCUT2D eigenvalue weighted by molar-refractivity contribution is 6.31. The van der Waals surface area contributed by atoms with Crippen molar-refractivity contribution in [2.75, 3.05) is 5.73 Å². The molecule has 0 bridgehead atoms. The number of anilines is 1. The standard InChI is InChI=1S/C14H9ClN2O2/c15-9-6-10(14(16)17-7-9)13(18)12-5-8-3-1-2-4-11(8)19-12/h1-7H,(H2,16,17). The van der Waals surface area contributed by atoms with Crippen molar-refractivity contribution in [2.24, 2.45) is 0 Å². The van der Waals surface area contributed by atoms with Gasteiger partial charge in [0.1, 0.15) is 11.4 Å². The predicted molar refractivity (Wildman–Crippen MR) is 73.3 cm³/mol. The Morgan fingerprint density at radius 1 is 1.26 bits per heavy atom. The van der Waals surface area contributed by atoms with Gasteiger partial charge in [0.2, 0.25) is 5.78 Å². The van der Waals surface area contributed by atoms with Gasteiger partial charge in [0, 0.05) is 11.6 Å². The Hall–Kier alpha value is -2.33. The van der Waals surface area contributed by atoms with Crippen LogP contribution in [0.2, 0.25) is 5.02 Å². The minimum atomic E-state index is -0.330. The number of ketones is 1. The topological polar surface area (TPSA) is 69.1 Å². The molecule has 1 aromatic carbocycles. The Balaban J connectivity index is 2.10. The summed E-state index contributed by atoms with van der Waals surface area (Å²) in [7, 11) is 0. The average molecular weight is 273 g/mol. The van der Waals surface area contributed by atoms with Crippen LogP contribution in [0.25, 0.3) is 11.0 Å². The lowest BCUT2D eigenvalue weighted by atomic mass is 10.1. The third-order valence-corrected chi connectivity index (χ3v) is 2.99. The maximum absolute atomic E-state index is 12.3. The molecule has 5 heteroatoms. The number of carbonyl (C=O) groups is 1. The second-order valence-corrected chi connectivity index (χ2v) is 4.50. The number of fused-ring (bicyclic) bond motifs is 1. The van der Waals surface area contributed by atoms with Crippen molar-refractivity contribution in [3.05, 3.63) is 58.9 Å². The second-order valence-electron chi connectivity index (χ2n) is 4.06. The summed E-state index contributed by atoms with van der Waals surface area (Å²) in [6, 6.07) is 10.6. The van der Waals surface area contributed by atoms with Crippen LogP contribution in [0.3, 0.4) is 0 Å². The van der Waals surface area contributed by atoms with E-state index in [-0.39, 0.29) is 22.9 Å². The van der Waals surface area contributed by atoms with Gasteiger partial charge in [-0.2, -0.15) is 0 Å². The predicted octanol–water partition coefficient (Wildman–Crippen LogP) is 3.29. The molecular weight excluding hydrogens is 264 g/mol. The number of rotatable bonds is 2. The highest BCUT2D eigenvalue weighted by Crippen LogP contribution is 2.24. The van der Waals surface area contributed by atoms with Crippen molar-refractivity contribution in [3.8, 4) is 0 Å². The zero-order valence-corrected chi connectivity index (χ0v) is 10.5. The van der Waals surface area contributed by atoms with Crippen LogP contribution in [0.1, 0.15) is 16.1 Å². The lowest BCUT2D eigenvalue weighted by Crippen LogP contribution is -2.06. The molecule has 0 atom stereocenters. The zero-order valence-electron chi connectivity index (χ0n) is 9.76. The van der Waals surface area contributed by atoms with Crippen molar-refractivity contribution < 1.29 is 9.21 Å². The molecule has 0 spiro atoms. The summed E-state index contributed by atoms with van der Waals surface area (Å²) < 4.78 is 5.50. The Morgan fingerprint density at radius 3 is 2.84 bits per heavy atom. The molecule has 2 aromatic heterocycles. The van der Waals surface area contributed by atoms with E-state index < -0.39 is 0 Å². The quantitative estimate of drug-likeness (QED) is 0.727. The van der Waals surface area contributed by atoms with Gasteiger partial charge >= 0.3 is 0 Å². The first-order valence-electron chi connectivity index (χ1n) is 5.59. The second kappa shape index (κ2) is 4.40. The molecule has 0 aliphatic rings. The summed E-state index contributed by atoms with van der Waals surface area (Å²) in [6.07, 6.45) is 1.40. The number of para-hydroxylation sites is 1. The highest BCUT2D eigenvalue weighted by Gasteiger charge is 2.18. The number of hydrogen-bond donors (Lipinski definition) is 1. The van der Waals surface area contributed by atoms with E-state index in [0.29, 0.717) is 10.6 Å². The molecule has 3 aromatic rings. The van der Waals surface area contributed by atoms with Crippen molar-refractivity contribution in [1.29, 1.82) is 0 Å². The number of carbonyl (C=O) groups excluding carboxylic acids is 1. The van der Waals surface area contributed by atoms with Crippen LogP contribution in [0.15, 0.2) is 47.0 Å². The molecule has 0 unspecified atom stereocenters. The molecule has 0 fully saturated rings. The number of furan rings is 1. The van der Waals surface area contributed by atoms with Crippen molar-refractivity contribution in [2.45, 2.75) is 0 Å². The van der Waals surface area contributed by atoms with Gasteiger partial charge in [-0.25, -0.2) is 4.98 Å². The lowest BCUT2D eigenvalue weighted by Gasteiger charge is -2.01. The van der Waals surface area contributed by atoms with Gasteiger partial charge in [0.25, 0.3) is 0 Å². The number of nitrogens with two attached hydrogens (primary N) is 1. The van der Waals surface area contributed by atoms with Crippen LogP contribution in [0.4, 0.5) is 5.82 Å². The third kappa shape index (κ3) is 2.06. The van der Waals surface area contributed by atoms with Gasteiger partial charge in [-0.3, -0.25) is 4.79 Å². The molecule has 19 heavy (non-hydrogen) atoms. The third-order valence-electron chi connectivity index (χ3n) is 2.78. The summed E-state index contributed by atoms with van der Waals surface area (Å²) in [5, 5.41) is 1.22. The Labute approximate surface area is 113 Å². The molecule has 4 nitrogen and oxygen atoms in total. The van der Waals surface area contributed by atoms with Crippen LogP contribution in [-0.2, 0) is 0 Å². The lowest BCUT2D eigenvalue weighted by molar-refractivity contribution is 0.101. The number of aromatic nitrogens is 1. The number of pyridine rings is 1. The van der Waals surface area contributed by atoms with Crippen LogP contribution >= 0.6 is 11.6 Å². The van der Waals surface area contributed by atoms with E-state index in [1.54, 1.807) is 12.1 Å². The summed E-state index contributed by atoms with van der Waals surface area (Å²) in [6.45, 7) is 0. The molecule has 0 aliphatic heterocycles. The van der Waals surface area contributed by atoms with Gasteiger partial charge in [-0.1, -0.05) is 29.8 Å². The first kappa shape index (κ1) is 11.7. The molecule has 0 saturated heterocycles. The van der Waals surface area contributed by atoms with E-state index in [2.05, 4.69) is 4.98 Å². The largest absolute Gasteiger partial charge is 0.453 e. The molecule has 3 rings (SSSR count). The molecule has 0 saturated carbocycles. The first-order chi connectivity index (χ1) is 9.15. The van der Waals surface area contributed by atoms with Gasteiger partial charge in [-0.15, -0.1) is 0 Å². The van der Waals surface area contributed by atoms with Crippen LogP contribution < -0.4 is 5.73 Å². The number of nitrogen functional groups attached to an aromatic ring is 1. The van der Waals surface area contributed by atoms with E-state index in [0.717, 1.165) is 5.39 Å². The van der Waals surface area contributed by atoms with Crippen LogP contribution in [0.5, 0.6) is 0 Å². The smallest absolute Gasteiger partial charge is 0.231 e. The average Bonchev–Trinajstić information content (AvgIpc) is 2.84. The molecule has 0 aliphatic carbocycles. The molecular formula is C14H9ClN2O2. The van der Waals surface area contributed by atoms with Crippen molar-refractivity contribution >= 4 is 34.2 Å². The van der Waals surface area contributed by atoms with Gasteiger partial charge in [0.15, 0.2) is 5.76 Å². The number of benzene rings is 1. The highest BCUT2D eigenvalue weighted by atomic mass is 35.5. The maximum Gasteiger partial charge on any atom is 0.231 e. The molecule has 0 amide bonds. The minimum absolute atomic E-state index is 0.134. The van der Waals surface area contributed by atoms with Gasteiger partial charge in [-0.05, 0) is 18.2 Å². The SMILES string of the molecule is Nc1ncc(Cl)cc1C(=O)c1cc2ccccc2o1. The molecule has 0 radical (unpaired) electrons. The van der Waals surface area contributed by atoms with Crippen LogP contribution in [-0.4, -0.2) is 10.8 Å². The summed E-state index contributed by atoms with van der Waals surface area (Å²) >= 11 is 5.83. The summed E-state index contributed by atoms with van der Waals surface area (Å²) in [5.41, 5.74) is 6.58. The Kier molecular flexibility index (Phi) is 2.72. The maximum atomic E-state index is 12.3. The fourth-order valence-electron chi connectivity index (χ4n) is 1.86. The fourth-order valence-corrected chi connectivity index (χ4v) is 2.02. The van der Waals surface area contributed by atoms with E-state index in [4.69, 9.17) is 21.8 Å². The monoisotopic (exact) mass is 272 g/mol. The van der Waals surface area contributed by atoms with E-state index >= 15 is 0 Å². The Bertz CT molecular complexity index is 747. The van der Waals surface area contributed by atoms with E-state index in [9.17, 15) is 4.79 Å². The Morgan fingerprint density at radius 2 is 2.05 bits per heavy atom. The van der Waals surface area contributed by atoms with Crippen molar-refractivity contribution in [1.82, 2.24) is 4.98 Å². The van der Waals surface area contributed by atoms with Gasteiger partial charge < -0.3 is 10.2 Å². The summed E-state index contributed by atoms with van der Waals surface area (Å²) in [4.78, 5) is 16.2. The molecule has 2 N–H and O–H groups in total.